The fraction of sp³-hybridized carbons (Fsp3) is 0.333. The highest BCUT2D eigenvalue weighted by Crippen LogP contribution is 2.28. The number of carbonyl (C=O) groups excluding carboxylic acids is 1. The molecule has 0 saturated carbocycles. The normalized spacial score (nSPS) is 14.2. The number of rotatable bonds is 5. The molecule has 0 aliphatic carbocycles. The number of halogens is 1. The second-order valence-corrected chi connectivity index (χ2v) is 5.25. The molecule has 106 valence electrons. The van der Waals surface area contributed by atoms with Crippen LogP contribution >= 0.6 is 11.6 Å². The van der Waals surface area contributed by atoms with Crippen LogP contribution in [0, 0.1) is 0 Å². The first kappa shape index (κ1) is 14.8. The second kappa shape index (κ2) is 6.20. The van der Waals surface area contributed by atoms with E-state index in [0.29, 0.717) is 10.5 Å². The minimum atomic E-state index is -0.570. The Morgan fingerprint density at radius 1 is 1.45 bits per heavy atom. The van der Waals surface area contributed by atoms with Gasteiger partial charge in [-0.2, -0.15) is 0 Å². The van der Waals surface area contributed by atoms with Gasteiger partial charge in [0.15, 0.2) is 0 Å². The van der Waals surface area contributed by atoms with Crippen molar-refractivity contribution in [3.63, 3.8) is 0 Å². The van der Waals surface area contributed by atoms with Crippen molar-refractivity contribution in [2.75, 3.05) is 0 Å². The predicted octanol–water partition coefficient (Wildman–Crippen LogP) is 2.80. The molecule has 1 aromatic carbocycles. The zero-order valence-electron chi connectivity index (χ0n) is 11.6. The van der Waals surface area contributed by atoms with Crippen LogP contribution in [0.4, 0.5) is 0 Å². The summed E-state index contributed by atoms with van der Waals surface area (Å²) in [5.74, 6) is -0.417. The molecule has 0 fully saturated rings. The van der Waals surface area contributed by atoms with Gasteiger partial charge in [-0.25, -0.2) is 0 Å². The van der Waals surface area contributed by atoms with Crippen LogP contribution in [-0.2, 0) is 4.79 Å². The summed E-state index contributed by atoms with van der Waals surface area (Å²) in [5, 5.41) is 4.67. The maximum Gasteiger partial charge on any atom is 0.239 e. The number of fused-ring (bicyclic) bond motifs is 1. The lowest BCUT2D eigenvalue weighted by Gasteiger charge is -2.21. The van der Waals surface area contributed by atoms with E-state index in [1.165, 1.54) is 0 Å². The molecule has 2 aromatic rings. The Balaban J connectivity index is 2.54. The maximum atomic E-state index is 11.8. The van der Waals surface area contributed by atoms with Gasteiger partial charge >= 0.3 is 0 Å². The molecule has 1 amide bonds. The van der Waals surface area contributed by atoms with Crippen LogP contribution in [0.5, 0.6) is 0 Å². The highest BCUT2D eigenvalue weighted by atomic mass is 35.5. The highest BCUT2D eigenvalue weighted by molar-refractivity contribution is 6.35. The van der Waals surface area contributed by atoms with Gasteiger partial charge in [0.2, 0.25) is 5.91 Å². The average Bonchev–Trinajstić information content (AvgIpc) is 2.45. The third-order valence-corrected chi connectivity index (χ3v) is 3.74. The summed E-state index contributed by atoms with van der Waals surface area (Å²) in [5.41, 5.74) is 7.01. The first-order valence-electron chi connectivity index (χ1n) is 6.63. The third kappa shape index (κ3) is 2.92. The zero-order chi connectivity index (χ0) is 14.7. The number of primary amides is 1. The fourth-order valence-corrected chi connectivity index (χ4v) is 2.34. The lowest BCUT2D eigenvalue weighted by Crippen LogP contribution is -2.38. The number of aromatic nitrogens is 1. The number of nitrogens with one attached hydrogen (secondary N) is 1. The Morgan fingerprint density at radius 2 is 2.20 bits per heavy atom. The number of nitrogens with two attached hydrogens (primary N) is 1. The van der Waals surface area contributed by atoms with E-state index in [0.717, 1.165) is 17.4 Å². The lowest BCUT2D eigenvalue weighted by molar-refractivity contribution is -0.120. The Bertz CT molecular complexity index is 630. The summed E-state index contributed by atoms with van der Waals surface area (Å²) in [4.78, 5) is 16.1. The molecule has 4 nitrogen and oxygen atoms in total. The van der Waals surface area contributed by atoms with Gasteiger partial charge in [-0.3, -0.25) is 15.1 Å². The first-order chi connectivity index (χ1) is 9.54. The quantitative estimate of drug-likeness (QED) is 0.890. The standard InChI is InChI=1S/C15H18ClN3O/c1-3-9(2)19-14(15(17)20)11-6-7-12(16)10-5-4-8-18-13(10)11/h4-9,14,19H,3H2,1-2H3,(H2,17,20). The van der Waals surface area contributed by atoms with E-state index in [2.05, 4.69) is 10.3 Å². The van der Waals surface area contributed by atoms with Crippen molar-refractivity contribution in [2.24, 2.45) is 5.73 Å². The molecular weight excluding hydrogens is 274 g/mol. The number of hydrogen-bond donors (Lipinski definition) is 2. The van der Waals surface area contributed by atoms with Gasteiger partial charge in [-0.05, 0) is 31.5 Å². The molecule has 20 heavy (non-hydrogen) atoms. The largest absolute Gasteiger partial charge is 0.368 e. The van der Waals surface area contributed by atoms with Gasteiger partial charge in [0.05, 0.1) is 5.52 Å². The molecule has 0 saturated heterocycles. The van der Waals surface area contributed by atoms with Crippen LogP contribution in [0.1, 0.15) is 31.9 Å². The summed E-state index contributed by atoms with van der Waals surface area (Å²) < 4.78 is 0. The van der Waals surface area contributed by atoms with Gasteiger partial charge in [0, 0.05) is 28.2 Å². The second-order valence-electron chi connectivity index (χ2n) is 4.85. The van der Waals surface area contributed by atoms with Crippen molar-refractivity contribution in [1.82, 2.24) is 10.3 Å². The molecule has 0 aliphatic rings. The maximum absolute atomic E-state index is 11.8. The van der Waals surface area contributed by atoms with E-state index in [-0.39, 0.29) is 6.04 Å². The SMILES string of the molecule is CCC(C)NC(C(N)=O)c1ccc(Cl)c2cccnc12. The van der Waals surface area contributed by atoms with Crippen molar-refractivity contribution < 1.29 is 4.79 Å². The van der Waals surface area contributed by atoms with Gasteiger partial charge in [0.1, 0.15) is 6.04 Å². The van der Waals surface area contributed by atoms with E-state index < -0.39 is 11.9 Å². The van der Waals surface area contributed by atoms with Gasteiger partial charge in [0.25, 0.3) is 0 Å². The number of benzene rings is 1. The molecule has 1 heterocycles. The summed E-state index contributed by atoms with van der Waals surface area (Å²) in [6.45, 7) is 4.06. The number of pyridine rings is 1. The van der Waals surface area contributed by atoms with Crippen molar-refractivity contribution in [3.05, 3.63) is 41.0 Å². The molecule has 2 atom stereocenters. The number of hydrogen-bond acceptors (Lipinski definition) is 3. The minimum absolute atomic E-state index is 0.182. The Morgan fingerprint density at radius 3 is 2.85 bits per heavy atom. The molecule has 0 radical (unpaired) electrons. The predicted molar refractivity (Wildman–Crippen MR) is 81.6 cm³/mol. The van der Waals surface area contributed by atoms with Crippen molar-refractivity contribution >= 4 is 28.4 Å². The molecule has 2 unspecified atom stereocenters. The molecule has 0 spiro atoms. The molecule has 0 aliphatic heterocycles. The zero-order valence-corrected chi connectivity index (χ0v) is 12.3. The average molecular weight is 292 g/mol. The van der Waals surface area contributed by atoms with Crippen molar-refractivity contribution in [3.8, 4) is 0 Å². The molecule has 0 bridgehead atoms. The molecule has 1 aromatic heterocycles. The molecule has 5 heteroatoms. The third-order valence-electron chi connectivity index (χ3n) is 3.41. The van der Waals surface area contributed by atoms with Gasteiger partial charge in [-0.1, -0.05) is 24.6 Å². The smallest absolute Gasteiger partial charge is 0.239 e. The summed E-state index contributed by atoms with van der Waals surface area (Å²) in [6, 6.07) is 6.90. The lowest BCUT2D eigenvalue weighted by atomic mass is 10.0. The first-order valence-corrected chi connectivity index (χ1v) is 7.00. The van der Waals surface area contributed by atoms with E-state index in [1.54, 1.807) is 12.3 Å². The van der Waals surface area contributed by atoms with Crippen LogP contribution in [0.3, 0.4) is 0 Å². The van der Waals surface area contributed by atoms with E-state index in [4.69, 9.17) is 17.3 Å². The summed E-state index contributed by atoms with van der Waals surface area (Å²) >= 11 is 6.17. The van der Waals surface area contributed by atoms with Crippen molar-refractivity contribution in [1.29, 1.82) is 0 Å². The van der Waals surface area contributed by atoms with Gasteiger partial charge in [-0.15, -0.1) is 0 Å². The highest BCUT2D eigenvalue weighted by Gasteiger charge is 2.22. The Labute approximate surface area is 123 Å². The topological polar surface area (TPSA) is 68.0 Å². The van der Waals surface area contributed by atoms with Crippen LogP contribution in [-0.4, -0.2) is 16.9 Å². The Kier molecular flexibility index (Phi) is 4.57. The van der Waals surface area contributed by atoms with Crippen molar-refractivity contribution in [2.45, 2.75) is 32.4 Å². The fourth-order valence-electron chi connectivity index (χ4n) is 2.12. The summed E-state index contributed by atoms with van der Waals surface area (Å²) in [7, 11) is 0. The van der Waals surface area contributed by atoms with Crippen LogP contribution in [0.25, 0.3) is 10.9 Å². The van der Waals surface area contributed by atoms with E-state index in [9.17, 15) is 4.79 Å². The molecule has 3 N–H and O–H groups in total. The number of nitrogens with zero attached hydrogens (tertiary/aromatic N) is 1. The van der Waals surface area contributed by atoms with Crippen LogP contribution < -0.4 is 11.1 Å². The number of carbonyl (C=O) groups is 1. The van der Waals surface area contributed by atoms with Crippen LogP contribution in [0.2, 0.25) is 5.02 Å². The molecule has 2 rings (SSSR count). The van der Waals surface area contributed by atoms with E-state index in [1.807, 2.05) is 32.0 Å². The molecular formula is C15H18ClN3O. The van der Waals surface area contributed by atoms with Gasteiger partial charge < -0.3 is 5.73 Å². The monoisotopic (exact) mass is 291 g/mol. The Hall–Kier alpha value is -1.65. The van der Waals surface area contributed by atoms with E-state index >= 15 is 0 Å². The summed E-state index contributed by atoms with van der Waals surface area (Å²) in [6.07, 6.45) is 2.59. The number of amides is 1. The van der Waals surface area contributed by atoms with Crippen LogP contribution in [0.15, 0.2) is 30.5 Å². The minimum Gasteiger partial charge on any atom is -0.368 e.